The molecule has 5 rings (SSSR count). The van der Waals surface area contributed by atoms with E-state index in [1.165, 1.54) is 5.56 Å². The number of benzene rings is 1. The maximum Gasteiger partial charge on any atom is 0.187 e. The third-order valence-electron chi connectivity index (χ3n) is 4.19. The van der Waals surface area contributed by atoms with Gasteiger partial charge in [-0.2, -0.15) is 0 Å². The molecule has 3 aromatic heterocycles. The van der Waals surface area contributed by atoms with Gasteiger partial charge in [0.1, 0.15) is 5.69 Å². The number of pyridine rings is 1. The van der Waals surface area contributed by atoms with Crippen molar-refractivity contribution in [2.45, 2.75) is 6.54 Å². The molecule has 0 N–H and O–H groups in total. The molecule has 0 fully saturated rings. The average Bonchev–Trinajstić information content (AvgIpc) is 3.20. The minimum absolute atomic E-state index is 0.766. The molecule has 0 saturated carbocycles. The van der Waals surface area contributed by atoms with Gasteiger partial charge in [-0.15, -0.1) is 10.2 Å². The highest BCUT2D eigenvalue weighted by Crippen LogP contribution is 2.32. The number of hydrogen-bond acceptors (Lipinski definition) is 3. The molecular weight excluding hydrogens is 286 g/mol. The van der Waals surface area contributed by atoms with Gasteiger partial charge < -0.3 is 4.57 Å². The fourth-order valence-electron chi connectivity index (χ4n) is 3.14. The third kappa shape index (κ3) is 1.76. The number of nitrogens with zero attached hydrogens (tertiary/aromatic N) is 5. The first-order valence-electron chi connectivity index (χ1n) is 7.52. The standard InChI is InChI=1S/C18H13N5/c1-2-8-15-13(6-1)12-22-11-5-9-16(22)18-21-20-17(23(15)18)14-7-3-4-10-19-14/h1-11H,12H2. The van der Waals surface area contributed by atoms with Crippen LogP contribution in [0.15, 0.2) is 67.0 Å². The van der Waals surface area contributed by atoms with Crippen LogP contribution in [-0.2, 0) is 6.54 Å². The Hall–Kier alpha value is -3.21. The largest absolute Gasteiger partial charge is 0.340 e. The Labute approximate surface area is 132 Å². The molecule has 0 atom stereocenters. The van der Waals surface area contributed by atoms with Crippen LogP contribution in [0.5, 0.6) is 0 Å². The summed E-state index contributed by atoms with van der Waals surface area (Å²) in [7, 11) is 0. The maximum atomic E-state index is 4.46. The van der Waals surface area contributed by atoms with Crippen molar-refractivity contribution < 1.29 is 0 Å². The monoisotopic (exact) mass is 299 g/mol. The lowest BCUT2D eigenvalue weighted by atomic mass is 10.1. The van der Waals surface area contributed by atoms with Crippen molar-refractivity contribution in [1.29, 1.82) is 0 Å². The van der Waals surface area contributed by atoms with Crippen LogP contribution in [0.25, 0.3) is 28.7 Å². The SMILES string of the molecule is c1ccc(-c2nnc3n2-c2ccccc2Cn2cccc2-3)nc1. The summed E-state index contributed by atoms with van der Waals surface area (Å²) in [6, 6.07) is 18.3. The van der Waals surface area contributed by atoms with E-state index in [0.29, 0.717) is 0 Å². The number of aromatic nitrogens is 5. The zero-order valence-corrected chi connectivity index (χ0v) is 12.3. The van der Waals surface area contributed by atoms with Gasteiger partial charge >= 0.3 is 0 Å². The molecule has 0 radical (unpaired) electrons. The van der Waals surface area contributed by atoms with Gasteiger partial charge in [0, 0.05) is 18.9 Å². The molecule has 0 amide bonds. The lowest BCUT2D eigenvalue weighted by Crippen LogP contribution is -2.02. The van der Waals surface area contributed by atoms with Crippen LogP contribution in [0.3, 0.4) is 0 Å². The second-order valence-corrected chi connectivity index (χ2v) is 5.55. The van der Waals surface area contributed by atoms with Crippen LogP contribution in [0, 0.1) is 0 Å². The highest BCUT2D eigenvalue weighted by Gasteiger charge is 2.24. The van der Waals surface area contributed by atoms with E-state index in [1.807, 2.05) is 30.3 Å². The molecule has 0 aliphatic carbocycles. The normalized spacial score (nSPS) is 12.2. The topological polar surface area (TPSA) is 48.5 Å². The van der Waals surface area contributed by atoms with Crippen molar-refractivity contribution in [3.05, 3.63) is 72.6 Å². The summed E-state index contributed by atoms with van der Waals surface area (Å²) < 4.78 is 4.31. The Morgan fingerprint density at radius 2 is 1.70 bits per heavy atom. The second-order valence-electron chi connectivity index (χ2n) is 5.55. The molecule has 5 heteroatoms. The van der Waals surface area contributed by atoms with Crippen LogP contribution in [0.1, 0.15) is 5.56 Å². The summed E-state index contributed by atoms with van der Waals surface area (Å²) in [6.45, 7) is 0.823. The molecule has 4 aromatic rings. The first-order valence-corrected chi connectivity index (χ1v) is 7.52. The summed E-state index contributed by atoms with van der Waals surface area (Å²) in [4.78, 5) is 4.45. The van der Waals surface area contributed by atoms with Gasteiger partial charge in [0.25, 0.3) is 0 Å². The fourth-order valence-corrected chi connectivity index (χ4v) is 3.14. The van der Waals surface area contributed by atoms with Crippen LogP contribution in [-0.4, -0.2) is 24.3 Å². The molecule has 0 spiro atoms. The molecule has 4 heterocycles. The minimum Gasteiger partial charge on any atom is -0.340 e. The van der Waals surface area contributed by atoms with Gasteiger partial charge in [-0.25, -0.2) is 0 Å². The molecule has 1 aromatic carbocycles. The fraction of sp³-hybridized carbons (Fsp3) is 0.0556. The average molecular weight is 299 g/mol. The van der Waals surface area contributed by atoms with Gasteiger partial charge in [0.05, 0.1) is 11.4 Å². The molecule has 23 heavy (non-hydrogen) atoms. The lowest BCUT2D eigenvalue weighted by molar-refractivity contribution is 0.816. The van der Waals surface area contributed by atoms with Gasteiger partial charge in [-0.05, 0) is 35.9 Å². The molecule has 0 saturated heterocycles. The maximum absolute atomic E-state index is 4.46. The smallest absolute Gasteiger partial charge is 0.187 e. The molecule has 1 aliphatic heterocycles. The van der Waals surface area contributed by atoms with Crippen LogP contribution in [0.4, 0.5) is 0 Å². The third-order valence-corrected chi connectivity index (χ3v) is 4.19. The van der Waals surface area contributed by atoms with Crippen molar-refractivity contribution in [1.82, 2.24) is 24.3 Å². The molecule has 5 nitrogen and oxygen atoms in total. The second kappa shape index (κ2) is 4.64. The summed E-state index contributed by atoms with van der Waals surface area (Å²) in [5, 5.41) is 8.88. The molecule has 0 bridgehead atoms. The number of fused-ring (bicyclic) bond motifs is 5. The zero-order valence-electron chi connectivity index (χ0n) is 12.3. The highest BCUT2D eigenvalue weighted by atomic mass is 15.3. The predicted molar refractivity (Wildman–Crippen MR) is 87.1 cm³/mol. The van der Waals surface area contributed by atoms with Crippen molar-refractivity contribution in [3.63, 3.8) is 0 Å². The molecule has 110 valence electrons. The summed E-state index contributed by atoms with van der Waals surface area (Å²) in [5.74, 6) is 1.61. The van der Waals surface area contributed by atoms with Gasteiger partial charge in [0.2, 0.25) is 0 Å². The quantitative estimate of drug-likeness (QED) is 0.478. The lowest BCUT2D eigenvalue weighted by Gasteiger charge is -2.10. The molecule has 0 unspecified atom stereocenters. The predicted octanol–water partition coefficient (Wildman–Crippen LogP) is 3.16. The van der Waals surface area contributed by atoms with Crippen molar-refractivity contribution in [2.75, 3.05) is 0 Å². The van der Waals surface area contributed by atoms with E-state index in [1.54, 1.807) is 6.20 Å². The van der Waals surface area contributed by atoms with E-state index in [9.17, 15) is 0 Å². The Morgan fingerprint density at radius 3 is 2.61 bits per heavy atom. The molecule has 1 aliphatic rings. The van der Waals surface area contributed by atoms with Crippen LogP contribution in [0.2, 0.25) is 0 Å². The zero-order chi connectivity index (χ0) is 15.2. The number of hydrogen-bond donors (Lipinski definition) is 0. The number of para-hydroxylation sites is 1. The van der Waals surface area contributed by atoms with E-state index >= 15 is 0 Å². The van der Waals surface area contributed by atoms with Crippen molar-refractivity contribution in [2.24, 2.45) is 0 Å². The van der Waals surface area contributed by atoms with Crippen molar-refractivity contribution in [3.8, 4) is 28.7 Å². The Balaban J connectivity index is 1.87. The summed E-state index contributed by atoms with van der Waals surface area (Å²) >= 11 is 0. The van der Waals surface area contributed by atoms with E-state index in [0.717, 1.165) is 35.3 Å². The first-order chi connectivity index (χ1) is 11.4. The van der Waals surface area contributed by atoms with E-state index in [-0.39, 0.29) is 0 Å². The summed E-state index contributed by atoms with van der Waals surface area (Å²) in [5.41, 5.74) is 4.23. The number of rotatable bonds is 1. The van der Waals surface area contributed by atoms with Crippen LogP contribution < -0.4 is 0 Å². The van der Waals surface area contributed by atoms with Crippen LogP contribution >= 0.6 is 0 Å². The van der Waals surface area contributed by atoms with Crippen molar-refractivity contribution >= 4 is 0 Å². The minimum atomic E-state index is 0.766. The Morgan fingerprint density at radius 1 is 0.826 bits per heavy atom. The highest BCUT2D eigenvalue weighted by molar-refractivity contribution is 5.66. The Bertz CT molecular complexity index is 997. The summed E-state index contributed by atoms with van der Waals surface area (Å²) in [6.07, 6.45) is 3.86. The molecular formula is C18H13N5. The van der Waals surface area contributed by atoms with Gasteiger partial charge in [0.15, 0.2) is 11.6 Å². The Kier molecular flexibility index (Phi) is 2.49. The van der Waals surface area contributed by atoms with E-state index < -0.39 is 0 Å². The van der Waals surface area contributed by atoms with Gasteiger partial charge in [-0.1, -0.05) is 24.3 Å². The van der Waals surface area contributed by atoms with E-state index in [2.05, 4.69) is 54.8 Å². The van der Waals surface area contributed by atoms with E-state index in [4.69, 9.17) is 0 Å². The van der Waals surface area contributed by atoms with Gasteiger partial charge in [-0.3, -0.25) is 9.55 Å². The first kappa shape index (κ1) is 12.3.